The summed E-state index contributed by atoms with van der Waals surface area (Å²) in [6, 6.07) is 6.39. The van der Waals surface area contributed by atoms with E-state index < -0.39 is 6.61 Å². The van der Waals surface area contributed by atoms with Crippen LogP contribution in [0.3, 0.4) is 0 Å². The Balaban J connectivity index is 0.00000392. The molecule has 0 saturated carbocycles. The Hall–Kier alpha value is -1.62. The number of hydrogen-bond donors (Lipinski definition) is 2. The van der Waals surface area contributed by atoms with Crippen LogP contribution in [-0.4, -0.2) is 35.4 Å². The summed E-state index contributed by atoms with van der Waals surface area (Å²) in [5.41, 5.74) is 0.490. The summed E-state index contributed by atoms with van der Waals surface area (Å²) >= 11 is 5.97. The second kappa shape index (κ2) is 12.8. The Bertz CT molecular complexity index is 731. The second-order valence-corrected chi connectivity index (χ2v) is 6.48. The van der Waals surface area contributed by atoms with Crippen LogP contribution in [0, 0.1) is 5.92 Å². The quantitative estimate of drug-likeness (QED) is 0.292. The van der Waals surface area contributed by atoms with E-state index in [0.717, 1.165) is 6.54 Å². The molecule has 0 fully saturated rings. The van der Waals surface area contributed by atoms with Crippen LogP contribution in [0.1, 0.15) is 19.4 Å². The molecule has 0 bridgehead atoms. The molecule has 1 aromatic carbocycles. The van der Waals surface area contributed by atoms with Crippen LogP contribution < -0.4 is 15.4 Å². The molecule has 1 atom stereocenters. The first kappa shape index (κ1) is 24.4. The van der Waals surface area contributed by atoms with E-state index in [-0.39, 0.29) is 36.3 Å². The SMILES string of the molecule is CCNC(=NCc1cc(Cl)ccc1OC(F)F)NCC(C)Cn1cccn1.I. The smallest absolute Gasteiger partial charge is 0.387 e. The molecule has 0 aliphatic heterocycles. The van der Waals surface area contributed by atoms with E-state index in [1.165, 1.54) is 12.1 Å². The van der Waals surface area contributed by atoms with Gasteiger partial charge in [0.25, 0.3) is 0 Å². The van der Waals surface area contributed by atoms with Gasteiger partial charge in [0.1, 0.15) is 5.75 Å². The van der Waals surface area contributed by atoms with Crippen molar-refractivity contribution in [2.75, 3.05) is 13.1 Å². The molecule has 2 aromatic rings. The third-order valence-corrected chi connectivity index (χ3v) is 3.90. The number of aromatic nitrogens is 2. The molecule has 1 aromatic heterocycles. The first-order valence-corrected chi connectivity index (χ1v) is 9.08. The molecule has 2 rings (SSSR count). The Kier molecular flexibility index (Phi) is 11.1. The first-order valence-electron chi connectivity index (χ1n) is 8.70. The molecule has 0 radical (unpaired) electrons. The van der Waals surface area contributed by atoms with Crippen LogP contribution in [0.15, 0.2) is 41.7 Å². The molecule has 2 N–H and O–H groups in total. The largest absolute Gasteiger partial charge is 0.434 e. The number of ether oxygens (including phenoxy) is 1. The maximum atomic E-state index is 12.6. The highest BCUT2D eigenvalue weighted by Crippen LogP contribution is 2.25. The molecule has 156 valence electrons. The van der Waals surface area contributed by atoms with Crippen molar-refractivity contribution in [3.8, 4) is 5.75 Å². The average molecular weight is 528 g/mol. The van der Waals surface area contributed by atoms with Gasteiger partial charge >= 0.3 is 6.61 Å². The van der Waals surface area contributed by atoms with E-state index >= 15 is 0 Å². The zero-order valence-electron chi connectivity index (χ0n) is 15.7. The van der Waals surface area contributed by atoms with Crippen molar-refractivity contribution in [3.63, 3.8) is 0 Å². The Morgan fingerprint density at radius 1 is 1.36 bits per heavy atom. The average Bonchev–Trinajstić information content (AvgIpc) is 3.12. The number of rotatable bonds is 9. The number of aliphatic imine (C=N–C) groups is 1. The highest BCUT2D eigenvalue weighted by molar-refractivity contribution is 14.0. The monoisotopic (exact) mass is 527 g/mol. The van der Waals surface area contributed by atoms with Crippen molar-refractivity contribution >= 4 is 41.5 Å². The molecule has 0 saturated heterocycles. The van der Waals surface area contributed by atoms with Gasteiger partial charge in [-0.15, -0.1) is 24.0 Å². The molecule has 0 aliphatic carbocycles. The lowest BCUT2D eigenvalue weighted by Crippen LogP contribution is -2.40. The molecule has 0 aliphatic rings. The summed E-state index contributed by atoms with van der Waals surface area (Å²) in [5, 5.41) is 11.0. The summed E-state index contributed by atoms with van der Waals surface area (Å²) in [7, 11) is 0. The lowest BCUT2D eigenvalue weighted by atomic mass is 10.2. The van der Waals surface area contributed by atoms with Crippen LogP contribution in [0.2, 0.25) is 5.02 Å². The summed E-state index contributed by atoms with van der Waals surface area (Å²) in [6.45, 7) is 3.45. The van der Waals surface area contributed by atoms with Crippen molar-refractivity contribution in [2.24, 2.45) is 10.9 Å². The minimum absolute atomic E-state index is 0. The summed E-state index contributed by atoms with van der Waals surface area (Å²) in [5.74, 6) is 0.978. The summed E-state index contributed by atoms with van der Waals surface area (Å²) in [4.78, 5) is 4.45. The fourth-order valence-corrected chi connectivity index (χ4v) is 2.65. The van der Waals surface area contributed by atoms with Gasteiger partial charge < -0.3 is 15.4 Å². The van der Waals surface area contributed by atoms with Gasteiger partial charge in [-0.05, 0) is 37.1 Å². The van der Waals surface area contributed by atoms with Crippen molar-refractivity contribution in [2.45, 2.75) is 33.5 Å². The van der Waals surface area contributed by atoms with Crippen LogP contribution in [-0.2, 0) is 13.1 Å². The van der Waals surface area contributed by atoms with Gasteiger partial charge in [0.05, 0.1) is 6.54 Å². The molecule has 10 heteroatoms. The van der Waals surface area contributed by atoms with Gasteiger partial charge in [0.15, 0.2) is 5.96 Å². The lowest BCUT2D eigenvalue weighted by Gasteiger charge is -2.16. The van der Waals surface area contributed by atoms with Crippen molar-refractivity contribution in [1.29, 1.82) is 0 Å². The Labute approximate surface area is 185 Å². The number of benzene rings is 1. The highest BCUT2D eigenvalue weighted by atomic mass is 127. The van der Waals surface area contributed by atoms with Crippen molar-refractivity contribution in [3.05, 3.63) is 47.2 Å². The zero-order chi connectivity index (χ0) is 19.6. The van der Waals surface area contributed by atoms with Crippen molar-refractivity contribution < 1.29 is 13.5 Å². The van der Waals surface area contributed by atoms with E-state index in [4.69, 9.17) is 11.6 Å². The van der Waals surface area contributed by atoms with Crippen LogP contribution in [0.25, 0.3) is 0 Å². The minimum Gasteiger partial charge on any atom is -0.434 e. The number of nitrogens with zero attached hydrogens (tertiary/aromatic N) is 3. The first-order chi connectivity index (χ1) is 13.0. The van der Waals surface area contributed by atoms with Gasteiger partial charge in [0, 0.05) is 42.6 Å². The second-order valence-electron chi connectivity index (χ2n) is 6.04. The predicted molar refractivity (Wildman–Crippen MR) is 118 cm³/mol. The standard InChI is InChI=1S/C18H24ClF2N5O.HI/c1-3-22-18(23-10-13(2)12-26-8-4-7-25-26)24-11-14-9-15(19)5-6-16(14)27-17(20)21;/h4-9,13,17H,3,10-12H2,1-2H3,(H2,22,23,24);1H. The van der Waals surface area contributed by atoms with E-state index in [2.05, 4.69) is 32.4 Å². The van der Waals surface area contributed by atoms with Gasteiger partial charge in [-0.25, -0.2) is 4.99 Å². The zero-order valence-corrected chi connectivity index (χ0v) is 18.8. The van der Waals surface area contributed by atoms with Crippen LogP contribution in [0.4, 0.5) is 8.78 Å². The fraction of sp³-hybridized carbons (Fsp3) is 0.444. The number of hydrogen-bond acceptors (Lipinski definition) is 3. The molecule has 1 heterocycles. The van der Waals surface area contributed by atoms with Gasteiger partial charge in [-0.2, -0.15) is 13.9 Å². The number of guanidine groups is 1. The predicted octanol–water partition coefficient (Wildman–Crippen LogP) is 4.15. The van der Waals surface area contributed by atoms with Gasteiger partial charge in [0.2, 0.25) is 0 Å². The fourth-order valence-electron chi connectivity index (χ4n) is 2.45. The molecular formula is C18H25ClF2IN5O. The van der Waals surface area contributed by atoms with E-state index in [1.54, 1.807) is 12.3 Å². The minimum atomic E-state index is -2.90. The third-order valence-electron chi connectivity index (χ3n) is 3.67. The molecule has 0 amide bonds. The van der Waals surface area contributed by atoms with E-state index in [9.17, 15) is 8.78 Å². The number of alkyl halides is 2. The normalized spacial score (nSPS) is 12.4. The maximum absolute atomic E-state index is 12.6. The molecular weight excluding hydrogens is 503 g/mol. The van der Waals surface area contributed by atoms with Crippen LogP contribution in [0.5, 0.6) is 5.75 Å². The van der Waals surface area contributed by atoms with Crippen LogP contribution >= 0.6 is 35.6 Å². The lowest BCUT2D eigenvalue weighted by molar-refractivity contribution is -0.0504. The van der Waals surface area contributed by atoms with E-state index in [1.807, 2.05) is 23.9 Å². The maximum Gasteiger partial charge on any atom is 0.387 e. The van der Waals surface area contributed by atoms with Gasteiger partial charge in [-0.3, -0.25) is 4.68 Å². The Morgan fingerprint density at radius 3 is 2.79 bits per heavy atom. The molecule has 28 heavy (non-hydrogen) atoms. The third kappa shape index (κ3) is 8.59. The number of nitrogens with one attached hydrogen (secondary N) is 2. The summed E-state index contributed by atoms with van der Waals surface area (Å²) < 4.78 is 31.5. The number of halogens is 4. The molecule has 6 nitrogen and oxygen atoms in total. The molecule has 1 unspecified atom stereocenters. The van der Waals surface area contributed by atoms with Gasteiger partial charge in [-0.1, -0.05) is 18.5 Å². The summed E-state index contributed by atoms with van der Waals surface area (Å²) in [6.07, 6.45) is 3.66. The Morgan fingerprint density at radius 2 is 2.14 bits per heavy atom. The topological polar surface area (TPSA) is 63.5 Å². The van der Waals surface area contributed by atoms with E-state index in [0.29, 0.717) is 35.6 Å². The van der Waals surface area contributed by atoms with Crippen molar-refractivity contribution in [1.82, 2.24) is 20.4 Å². The highest BCUT2D eigenvalue weighted by Gasteiger charge is 2.11. The molecule has 0 spiro atoms.